The Labute approximate surface area is 124 Å². The van der Waals surface area contributed by atoms with E-state index in [1.807, 2.05) is 37.3 Å². The van der Waals surface area contributed by atoms with Crippen molar-refractivity contribution in [2.75, 3.05) is 5.75 Å². The van der Waals surface area contributed by atoms with Crippen LogP contribution in [-0.2, 0) is 9.59 Å². The van der Waals surface area contributed by atoms with Crippen molar-refractivity contribution in [1.82, 2.24) is 5.32 Å². The predicted molar refractivity (Wildman–Crippen MR) is 80.9 cm³/mol. The number of nitrogens with one attached hydrogen (secondary N) is 1. The second-order valence-electron chi connectivity index (χ2n) is 4.67. The maximum Gasteiger partial charge on any atom is 0.303 e. The van der Waals surface area contributed by atoms with Crippen molar-refractivity contribution in [2.45, 2.75) is 43.5 Å². The van der Waals surface area contributed by atoms with Gasteiger partial charge in [0.1, 0.15) is 0 Å². The average molecular weight is 295 g/mol. The Balaban J connectivity index is 2.12. The van der Waals surface area contributed by atoms with Gasteiger partial charge >= 0.3 is 5.97 Å². The van der Waals surface area contributed by atoms with Gasteiger partial charge in [-0.2, -0.15) is 0 Å². The number of amides is 1. The van der Waals surface area contributed by atoms with Gasteiger partial charge in [0.2, 0.25) is 5.91 Å². The zero-order chi connectivity index (χ0) is 14.8. The predicted octanol–water partition coefficient (Wildman–Crippen LogP) is 2.93. The molecular weight excluding hydrogens is 274 g/mol. The van der Waals surface area contributed by atoms with Crippen molar-refractivity contribution in [1.29, 1.82) is 0 Å². The van der Waals surface area contributed by atoms with Crippen LogP contribution < -0.4 is 5.32 Å². The van der Waals surface area contributed by atoms with Gasteiger partial charge in [-0.15, -0.1) is 11.8 Å². The summed E-state index contributed by atoms with van der Waals surface area (Å²) in [6, 6.07) is 10.0. The molecule has 1 aromatic rings. The van der Waals surface area contributed by atoms with Crippen LogP contribution in [0, 0.1) is 0 Å². The molecular formula is C15H21NO3S. The van der Waals surface area contributed by atoms with Crippen LogP contribution in [0.3, 0.4) is 0 Å². The number of hydrogen-bond acceptors (Lipinski definition) is 3. The van der Waals surface area contributed by atoms with E-state index in [0.717, 1.165) is 10.6 Å². The molecule has 110 valence electrons. The molecule has 0 aliphatic heterocycles. The van der Waals surface area contributed by atoms with Crippen LogP contribution in [0.4, 0.5) is 0 Å². The van der Waals surface area contributed by atoms with Gasteiger partial charge in [-0.25, -0.2) is 0 Å². The van der Waals surface area contributed by atoms with E-state index in [1.165, 1.54) is 0 Å². The fraction of sp³-hybridized carbons (Fsp3) is 0.467. The standard InChI is InChI=1S/C15H21NO3S/c1-12(6-5-9-15(18)19)16-14(17)10-11-20-13-7-3-2-4-8-13/h2-4,7-8,12H,5-6,9-11H2,1H3,(H,16,17)(H,18,19). The molecule has 0 fully saturated rings. The van der Waals surface area contributed by atoms with Crippen LogP contribution in [-0.4, -0.2) is 28.8 Å². The normalized spacial score (nSPS) is 11.8. The smallest absolute Gasteiger partial charge is 0.303 e. The second kappa shape index (κ2) is 9.42. The first-order valence-corrected chi connectivity index (χ1v) is 7.75. The van der Waals surface area contributed by atoms with Crippen molar-refractivity contribution in [2.24, 2.45) is 0 Å². The monoisotopic (exact) mass is 295 g/mol. The van der Waals surface area contributed by atoms with Crippen molar-refractivity contribution >= 4 is 23.6 Å². The Morgan fingerprint density at radius 2 is 1.95 bits per heavy atom. The van der Waals surface area contributed by atoms with Gasteiger partial charge in [0.25, 0.3) is 0 Å². The molecule has 0 saturated heterocycles. The van der Waals surface area contributed by atoms with Crippen LogP contribution in [0.1, 0.15) is 32.6 Å². The maximum absolute atomic E-state index is 11.7. The average Bonchev–Trinajstić information content (AvgIpc) is 2.39. The van der Waals surface area contributed by atoms with E-state index in [9.17, 15) is 9.59 Å². The molecule has 0 bridgehead atoms. The lowest BCUT2D eigenvalue weighted by atomic mass is 10.1. The summed E-state index contributed by atoms with van der Waals surface area (Å²) in [5, 5.41) is 11.4. The summed E-state index contributed by atoms with van der Waals surface area (Å²) in [5.41, 5.74) is 0. The van der Waals surface area contributed by atoms with Gasteiger partial charge in [-0.3, -0.25) is 9.59 Å². The summed E-state index contributed by atoms with van der Waals surface area (Å²) < 4.78 is 0. The summed E-state index contributed by atoms with van der Waals surface area (Å²) in [5.74, 6) is -0.0171. The van der Waals surface area contributed by atoms with Gasteiger partial charge in [-0.1, -0.05) is 18.2 Å². The number of benzene rings is 1. The van der Waals surface area contributed by atoms with Gasteiger partial charge in [0, 0.05) is 29.5 Å². The van der Waals surface area contributed by atoms with E-state index in [0.29, 0.717) is 19.3 Å². The number of thioether (sulfide) groups is 1. The Hall–Kier alpha value is -1.49. The minimum absolute atomic E-state index is 0.0243. The molecule has 0 saturated carbocycles. The third-order valence-corrected chi connectivity index (χ3v) is 3.79. The molecule has 0 spiro atoms. The minimum atomic E-state index is -0.789. The molecule has 5 heteroatoms. The van der Waals surface area contributed by atoms with Crippen molar-refractivity contribution in [3.63, 3.8) is 0 Å². The van der Waals surface area contributed by atoms with E-state index >= 15 is 0 Å². The number of carbonyl (C=O) groups excluding carboxylic acids is 1. The molecule has 2 N–H and O–H groups in total. The largest absolute Gasteiger partial charge is 0.481 e. The highest BCUT2D eigenvalue weighted by atomic mass is 32.2. The Morgan fingerprint density at radius 1 is 1.25 bits per heavy atom. The van der Waals surface area contributed by atoms with Crippen LogP contribution in [0.2, 0.25) is 0 Å². The van der Waals surface area contributed by atoms with Gasteiger partial charge in [-0.05, 0) is 31.9 Å². The molecule has 0 aliphatic rings. The summed E-state index contributed by atoms with van der Waals surface area (Å²) >= 11 is 1.66. The van der Waals surface area contributed by atoms with Crippen LogP contribution in [0.25, 0.3) is 0 Å². The fourth-order valence-electron chi connectivity index (χ4n) is 1.76. The fourth-order valence-corrected chi connectivity index (χ4v) is 2.63. The first-order chi connectivity index (χ1) is 9.58. The molecule has 1 aromatic carbocycles. The van der Waals surface area contributed by atoms with E-state index in [4.69, 9.17) is 5.11 Å². The first kappa shape index (κ1) is 16.6. The Bertz CT molecular complexity index is 422. The second-order valence-corrected chi connectivity index (χ2v) is 5.83. The van der Waals surface area contributed by atoms with E-state index in [-0.39, 0.29) is 18.4 Å². The zero-order valence-electron chi connectivity index (χ0n) is 11.7. The SMILES string of the molecule is CC(CCCC(=O)O)NC(=O)CCSc1ccccc1. The molecule has 1 amide bonds. The first-order valence-electron chi connectivity index (χ1n) is 6.77. The molecule has 1 rings (SSSR count). The lowest BCUT2D eigenvalue weighted by molar-refractivity contribution is -0.137. The molecule has 4 nitrogen and oxygen atoms in total. The van der Waals surface area contributed by atoms with Gasteiger partial charge in [0.15, 0.2) is 0 Å². The zero-order valence-corrected chi connectivity index (χ0v) is 12.5. The van der Waals surface area contributed by atoms with Gasteiger partial charge < -0.3 is 10.4 Å². The molecule has 0 heterocycles. The highest BCUT2D eigenvalue weighted by Gasteiger charge is 2.08. The Kier molecular flexibility index (Phi) is 7.80. The lowest BCUT2D eigenvalue weighted by Crippen LogP contribution is -2.32. The maximum atomic E-state index is 11.7. The van der Waals surface area contributed by atoms with Crippen molar-refractivity contribution in [3.8, 4) is 0 Å². The molecule has 20 heavy (non-hydrogen) atoms. The molecule has 1 atom stereocenters. The third kappa shape index (κ3) is 7.84. The number of carboxylic acid groups (broad SMARTS) is 1. The highest BCUT2D eigenvalue weighted by molar-refractivity contribution is 7.99. The number of carbonyl (C=O) groups is 2. The van der Waals surface area contributed by atoms with E-state index in [1.54, 1.807) is 11.8 Å². The lowest BCUT2D eigenvalue weighted by Gasteiger charge is -2.13. The summed E-state index contributed by atoms with van der Waals surface area (Å²) in [7, 11) is 0. The number of aliphatic carboxylic acids is 1. The number of carboxylic acids is 1. The van der Waals surface area contributed by atoms with Gasteiger partial charge in [0.05, 0.1) is 0 Å². The van der Waals surface area contributed by atoms with Crippen LogP contribution in [0.15, 0.2) is 35.2 Å². The quantitative estimate of drug-likeness (QED) is 0.687. The molecule has 0 radical (unpaired) electrons. The van der Waals surface area contributed by atoms with Crippen molar-refractivity contribution < 1.29 is 14.7 Å². The van der Waals surface area contributed by atoms with Crippen LogP contribution in [0.5, 0.6) is 0 Å². The molecule has 0 aromatic heterocycles. The summed E-state index contributed by atoms with van der Waals surface area (Å²) in [6.45, 7) is 1.91. The Morgan fingerprint density at radius 3 is 2.60 bits per heavy atom. The number of hydrogen-bond donors (Lipinski definition) is 2. The summed E-state index contributed by atoms with van der Waals surface area (Å²) in [6.07, 6.45) is 1.92. The highest BCUT2D eigenvalue weighted by Crippen LogP contribution is 2.17. The van der Waals surface area contributed by atoms with E-state index < -0.39 is 5.97 Å². The third-order valence-electron chi connectivity index (χ3n) is 2.78. The summed E-state index contributed by atoms with van der Waals surface area (Å²) in [4.78, 5) is 23.3. The topological polar surface area (TPSA) is 66.4 Å². The molecule has 0 aliphatic carbocycles. The van der Waals surface area contributed by atoms with Crippen molar-refractivity contribution in [3.05, 3.63) is 30.3 Å². The molecule has 1 unspecified atom stereocenters. The minimum Gasteiger partial charge on any atom is -0.481 e. The van der Waals surface area contributed by atoms with Crippen LogP contribution >= 0.6 is 11.8 Å². The van der Waals surface area contributed by atoms with E-state index in [2.05, 4.69) is 5.32 Å². The number of rotatable bonds is 9.